The highest BCUT2D eigenvalue weighted by molar-refractivity contribution is 7.98. The maximum Gasteiger partial charge on any atom is 0.138 e. The number of nitrogens with zero attached hydrogens (tertiary/aromatic N) is 2. The van der Waals surface area contributed by atoms with Crippen LogP contribution in [-0.4, -0.2) is 15.7 Å². The summed E-state index contributed by atoms with van der Waals surface area (Å²) < 4.78 is 0. The second kappa shape index (κ2) is 6.25. The molecule has 0 aliphatic carbocycles. The van der Waals surface area contributed by atoms with E-state index in [1.54, 1.807) is 12.4 Å². The minimum Gasteiger partial charge on any atom is -0.240 e. The molecule has 0 unspecified atom stereocenters. The van der Waals surface area contributed by atoms with Gasteiger partial charge in [0, 0.05) is 18.0 Å². The Hall–Kier alpha value is -0.280. The molecule has 0 aliphatic rings. The molecular formula is C10H15ClN2S. The summed E-state index contributed by atoms with van der Waals surface area (Å²) in [6.45, 7) is 4.43. The summed E-state index contributed by atoms with van der Waals surface area (Å²) in [6.07, 6.45) is 3.59. The highest BCUT2D eigenvalue weighted by Crippen LogP contribution is 2.12. The van der Waals surface area contributed by atoms with Gasteiger partial charge >= 0.3 is 0 Å². The summed E-state index contributed by atoms with van der Waals surface area (Å²) in [5.74, 6) is 4.15. The molecule has 1 rings (SSSR count). The van der Waals surface area contributed by atoms with Crippen LogP contribution in [0.25, 0.3) is 0 Å². The van der Waals surface area contributed by atoms with Gasteiger partial charge in [0.1, 0.15) is 5.82 Å². The monoisotopic (exact) mass is 230 g/mol. The average Bonchev–Trinajstić information content (AvgIpc) is 2.18. The van der Waals surface area contributed by atoms with Gasteiger partial charge < -0.3 is 0 Å². The fourth-order valence-corrected chi connectivity index (χ4v) is 1.97. The van der Waals surface area contributed by atoms with Gasteiger partial charge in [0.2, 0.25) is 0 Å². The van der Waals surface area contributed by atoms with Crippen LogP contribution in [0.1, 0.15) is 25.2 Å². The van der Waals surface area contributed by atoms with Crippen molar-refractivity contribution in [1.82, 2.24) is 9.97 Å². The Balaban J connectivity index is 2.36. The maximum atomic E-state index is 5.64. The zero-order valence-corrected chi connectivity index (χ0v) is 10.1. The van der Waals surface area contributed by atoms with Crippen LogP contribution in [-0.2, 0) is 11.6 Å². The lowest BCUT2D eigenvalue weighted by molar-refractivity contribution is 0.749. The third-order valence-electron chi connectivity index (χ3n) is 1.60. The zero-order chi connectivity index (χ0) is 10.4. The molecule has 0 atom stereocenters. The highest BCUT2D eigenvalue weighted by atomic mass is 35.5. The van der Waals surface area contributed by atoms with E-state index in [-0.39, 0.29) is 0 Å². The molecule has 2 nitrogen and oxygen atoms in total. The van der Waals surface area contributed by atoms with E-state index in [9.17, 15) is 0 Å². The molecule has 78 valence electrons. The second-order valence-corrected chi connectivity index (χ2v) is 4.85. The minimum absolute atomic E-state index is 0.486. The quantitative estimate of drug-likeness (QED) is 0.727. The van der Waals surface area contributed by atoms with E-state index in [4.69, 9.17) is 11.6 Å². The van der Waals surface area contributed by atoms with Crippen molar-refractivity contribution in [3.8, 4) is 0 Å². The molecule has 1 heterocycles. The molecular weight excluding hydrogens is 216 g/mol. The number of thioether (sulfide) groups is 1. The van der Waals surface area contributed by atoms with Crippen molar-refractivity contribution < 1.29 is 0 Å². The first-order valence-corrected chi connectivity index (χ1v) is 6.34. The topological polar surface area (TPSA) is 25.8 Å². The van der Waals surface area contributed by atoms with Gasteiger partial charge in [-0.3, -0.25) is 0 Å². The molecule has 0 aromatic carbocycles. The van der Waals surface area contributed by atoms with Crippen LogP contribution in [0.3, 0.4) is 0 Å². The average molecular weight is 231 g/mol. The number of alkyl halides is 1. The van der Waals surface area contributed by atoms with Crippen molar-refractivity contribution in [2.45, 2.75) is 25.5 Å². The Labute approximate surface area is 94.5 Å². The Bertz CT molecular complexity index is 261. The molecule has 0 N–H and O–H groups in total. The highest BCUT2D eigenvalue weighted by Gasteiger charge is 1.99. The van der Waals surface area contributed by atoms with Crippen molar-refractivity contribution in [3.63, 3.8) is 0 Å². The number of aromatic nitrogens is 2. The van der Waals surface area contributed by atoms with Crippen LogP contribution in [0.2, 0.25) is 0 Å². The lowest BCUT2D eigenvalue weighted by Crippen LogP contribution is -1.96. The van der Waals surface area contributed by atoms with Crippen molar-refractivity contribution in [1.29, 1.82) is 0 Å². The third-order valence-corrected chi connectivity index (χ3v) is 3.27. The molecule has 0 saturated carbocycles. The lowest BCUT2D eigenvalue weighted by atomic mass is 10.3. The molecule has 0 fully saturated rings. The van der Waals surface area contributed by atoms with Gasteiger partial charge in [-0.25, -0.2) is 9.97 Å². The number of hydrogen-bond donors (Lipinski definition) is 0. The van der Waals surface area contributed by atoms with Gasteiger partial charge in [-0.2, -0.15) is 11.8 Å². The Morgan fingerprint density at radius 2 is 2.00 bits per heavy atom. The second-order valence-electron chi connectivity index (χ2n) is 3.55. The van der Waals surface area contributed by atoms with Gasteiger partial charge in [-0.05, 0) is 11.7 Å². The predicted octanol–water partition coefficient (Wildman–Crippen LogP) is 3.10. The molecule has 0 saturated heterocycles. The van der Waals surface area contributed by atoms with Crippen LogP contribution in [0.15, 0.2) is 12.4 Å². The van der Waals surface area contributed by atoms with Crippen molar-refractivity contribution in [2.24, 2.45) is 5.92 Å². The first-order valence-electron chi connectivity index (χ1n) is 4.66. The van der Waals surface area contributed by atoms with Crippen LogP contribution in [0.4, 0.5) is 0 Å². The van der Waals surface area contributed by atoms with E-state index in [1.165, 1.54) is 0 Å². The van der Waals surface area contributed by atoms with E-state index in [0.29, 0.717) is 5.88 Å². The van der Waals surface area contributed by atoms with Crippen molar-refractivity contribution in [2.75, 3.05) is 5.75 Å². The fraction of sp³-hybridized carbons (Fsp3) is 0.600. The fourth-order valence-electron chi connectivity index (χ4n) is 0.911. The Morgan fingerprint density at radius 1 is 1.36 bits per heavy atom. The largest absolute Gasteiger partial charge is 0.240 e. The number of hydrogen-bond acceptors (Lipinski definition) is 3. The van der Waals surface area contributed by atoms with Crippen LogP contribution >= 0.6 is 23.4 Å². The summed E-state index contributed by atoms with van der Waals surface area (Å²) in [7, 11) is 0. The Kier molecular flexibility index (Phi) is 5.26. The van der Waals surface area contributed by atoms with E-state index < -0.39 is 0 Å². The normalized spacial score (nSPS) is 10.9. The van der Waals surface area contributed by atoms with Gasteiger partial charge in [-0.1, -0.05) is 13.8 Å². The lowest BCUT2D eigenvalue weighted by Gasteiger charge is -2.03. The Morgan fingerprint density at radius 3 is 2.50 bits per heavy atom. The van der Waals surface area contributed by atoms with E-state index >= 15 is 0 Å². The first kappa shape index (κ1) is 11.8. The van der Waals surface area contributed by atoms with Crippen molar-refractivity contribution >= 4 is 23.4 Å². The van der Waals surface area contributed by atoms with Gasteiger partial charge in [-0.15, -0.1) is 11.6 Å². The molecule has 0 radical (unpaired) electrons. The van der Waals surface area contributed by atoms with Crippen LogP contribution < -0.4 is 0 Å². The van der Waals surface area contributed by atoms with Crippen molar-refractivity contribution in [3.05, 3.63) is 23.8 Å². The van der Waals surface area contributed by atoms with E-state index in [1.807, 2.05) is 11.8 Å². The zero-order valence-electron chi connectivity index (χ0n) is 8.53. The van der Waals surface area contributed by atoms with Gasteiger partial charge in [0.25, 0.3) is 0 Å². The third kappa shape index (κ3) is 4.29. The summed E-state index contributed by atoms with van der Waals surface area (Å²) in [5.41, 5.74) is 0.976. The molecule has 1 aromatic rings. The molecule has 14 heavy (non-hydrogen) atoms. The number of rotatable bonds is 5. The molecule has 1 aromatic heterocycles. The molecule has 4 heteroatoms. The molecule has 0 aliphatic heterocycles. The smallest absolute Gasteiger partial charge is 0.138 e. The van der Waals surface area contributed by atoms with E-state index in [0.717, 1.165) is 28.8 Å². The maximum absolute atomic E-state index is 5.64. The van der Waals surface area contributed by atoms with Gasteiger partial charge in [0.15, 0.2) is 0 Å². The standard InChI is InChI=1S/C10H15ClN2S/c1-8(2)6-14-7-10-12-4-9(3-11)5-13-10/h4-5,8H,3,6-7H2,1-2H3. The first-order chi connectivity index (χ1) is 6.72. The molecule has 0 amide bonds. The number of halogens is 1. The molecule has 0 spiro atoms. The van der Waals surface area contributed by atoms with Crippen LogP contribution in [0, 0.1) is 5.92 Å². The predicted molar refractivity (Wildman–Crippen MR) is 62.6 cm³/mol. The van der Waals surface area contributed by atoms with Crippen LogP contribution in [0.5, 0.6) is 0 Å². The van der Waals surface area contributed by atoms with E-state index in [2.05, 4.69) is 23.8 Å². The minimum atomic E-state index is 0.486. The summed E-state index contributed by atoms with van der Waals surface area (Å²) in [4.78, 5) is 8.46. The van der Waals surface area contributed by atoms with Gasteiger partial charge in [0.05, 0.1) is 11.6 Å². The SMILES string of the molecule is CC(C)CSCc1ncc(CCl)cn1. The summed E-state index contributed by atoms with van der Waals surface area (Å²) in [5, 5.41) is 0. The summed E-state index contributed by atoms with van der Waals surface area (Å²) in [6, 6.07) is 0. The molecule has 0 bridgehead atoms. The summed E-state index contributed by atoms with van der Waals surface area (Å²) >= 11 is 7.51.